The van der Waals surface area contributed by atoms with Crippen LogP contribution in [0.1, 0.15) is 23.1 Å². The maximum absolute atomic E-state index is 6.18. The van der Waals surface area contributed by atoms with Gasteiger partial charge in [-0.25, -0.2) is 4.98 Å². The summed E-state index contributed by atoms with van der Waals surface area (Å²) in [6.07, 6.45) is 1.01. The number of oxazole rings is 1. The SMILES string of the molecule is Clc1cc(Cl)c2oc(C3NCCc4ccccc43)nc2c1. The van der Waals surface area contributed by atoms with Gasteiger partial charge in [-0.15, -0.1) is 0 Å². The summed E-state index contributed by atoms with van der Waals surface area (Å²) in [7, 11) is 0. The highest BCUT2D eigenvalue weighted by Gasteiger charge is 2.25. The number of aromatic nitrogens is 1. The molecule has 0 saturated carbocycles. The third kappa shape index (κ3) is 2.22. The highest BCUT2D eigenvalue weighted by atomic mass is 35.5. The number of rotatable bonds is 1. The van der Waals surface area contributed by atoms with E-state index in [9.17, 15) is 0 Å². The molecular formula is C16H12Cl2N2O. The molecule has 1 aliphatic heterocycles. The molecule has 1 unspecified atom stereocenters. The maximum Gasteiger partial charge on any atom is 0.217 e. The molecule has 0 spiro atoms. The monoisotopic (exact) mass is 318 g/mol. The fraction of sp³-hybridized carbons (Fsp3) is 0.188. The zero-order chi connectivity index (χ0) is 14.4. The number of nitrogens with one attached hydrogen (secondary N) is 1. The summed E-state index contributed by atoms with van der Waals surface area (Å²) in [4.78, 5) is 4.56. The summed E-state index contributed by atoms with van der Waals surface area (Å²) < 4.78 is 5.89. The molecule has 21 heavy (non-hydrogen) atoms. The lowest BCUT2D eigenvalue weighted by molar-refractivity contribution is 0.439. The average Bonchev–Trinajstić information content (AvgIpc) is 2.90. The smallest absolute Gasteiger partial charge is 0.217 e. The van der Waals surface area contributed by atoms with Crippen LogP contribution in [0, 0.1) is 0 Å². The number of halogens is 2. The quantitative estimate of drug-likeness (QED) is 0.724. The minimum atomic E-state index is -0.0443. The van der Waals surface area contributed by atoms with E-state index >= 15 is 0 Å². The van der Waals surface area contributed by atoms with E-state index in [4.69, 9.17) is 27.6 Å². The predicted molar refractivity (Wildman–Crippen MR) is 84.0 cm³/mol. The highest BCUT2D eigenvalue weighted by molar-refractivity contribution is 6.37. The Hall–Kier alpha value is -1.55. The third-order valence-electron chi connectivity index (χ3n) is 3.78. The van der Waals surface area contributed by atoms with E-state index < -0.39 is 0 Å². The maximum atomic E-state index is 6.18. The fourth-order valence-corrected chi connectivity index (χ4v) is 3.35. The molecule has 2 heterocycles. The lowest BCUT2D eigenvalue weighted by Crippen LogP contribution is -2.30. The van der Waals surface area contributed by atoms with Gasteiger partial charge in [0.1, 0.15) is 11.6 Å². The van der Waals surface area contributed by atoms with E-state index in [1.807, 2.05) is 6.07 Å². The number of nitrogens with zero attached hydrogens (tertiary/aromatic N) is 1. The van der Waals surface area contributed by atoms with Gasteiger partial charge in [-0.3, -0.25) is 0 Å². The minimum Gasteiger partial charge on any atom is -0.437 e. The Morgan fingerprint density at radius 1 is 1.19 bits per heavy atom. The summed E-state index contributed by atoms with van der Waals surface area (Å²) in [5.41, 5.74) is 3.80. The van der Waals surface area contributed by atoms with E-state index in [0.717, 1.165) is 13.0 Å². The number of benzene rings is 2. The van der Waals surface area contributed by atoms with Crippen LogP contribution in [0.3, 0.4) is 0 Å². The van der Waals surface area contributed by atoms with Crippen molar-refractivity contribution in [1.29, 1.82) is 0 Å². The topological polar surface area (TPSA) is 38.1 Å². The first-order valence-corrected chi connectivity index (χ1v) is 7.54. The fourth-order valence-electron chi connectivity index (χ4n) is 2.83. The van der Waals surface area contributed by atoms with Gasteiger partial charge < -0.3 is 9.73 Å². The van der Waals surface area contributed by atoms with E-state index in [0.29, 0.717) is 27.0 Å². The van der Waals surface area contributed by atoms with Crippen molar-refractivity contribution in [2.45, 2.75) is 12.5 Å². The van der Waals surface area contributed by atoms with Gasteiger partial charge >= 0.3 is 0 Å². The number of hydrogen-bond acceptors (Lipinski definition) is 3. The van der Waals surface area contributed by atoms with Crippen LogP contribution in [-0.2, 0) is 6.42 Å². The second-order valence-electron chi connectivity index (χ2n) is 5.12. The van der Waals surface area contributed by atoms with E-state index in [1.54, 1.807) is 12.1 Å². The zero-order valence-electron chi connectivity index (χ0n) is 11.1. The Bertz CT molecular complexity index is 828. The average molecular weight is 319 g/mol. The normalized spacial score (nSPS) is 17.9. The van der Waals surface area contributed by atoms with Crippen molar-refractivity contribution in [3.05, 3.63) is 63.5 Å². The van der Waals surface area contributed by atoms with Gasteiger partial charge in [-0.2, -0.15) is 0 Å². The molecule has 3 nitrogen and oxygen atoms in total. The molecule has 3 aromatic rings. The molecule has 2 aromatic carbocycles. The van der Waals surface area contributed by atoms with Crippen LogP contribution in [0.2, 0.25) is 10.0 Å². The second kappa shape index (κ2) is 5.02. The zero-order valence-corrected chi connectivity index (χ0v) is 12.6. The van der Waals surface area contributed by atoms with Crippen molar-refractivity contribution in [2.24, 2.45) is 0 Å². The Morgan fingerprint density at radius 2 is 2.05 bits per heavy atom. The Balaban J connectivity index is 1.86. The van der Waals surface area contributed by atoms with Gasteiger partial charge in [0.05, 0.1) is 5.02 Å². The summed E-state index contributed by atoms with van der Waals surface area (Å²) in [6, 6.07) is 11.7. The van der Waals surface area contributed by atoms with E-state index in [2.05, 4.69) is 28.5 Å². The Labute approximate surface area is 131 Å². The molecule has 0 amide bonds. The standard InChI is InChI=1S/C16H12Cl2N2O/c17-10-7-12(18)15-13(8-10)20-16(21-15)14-11-4-2-1-3-9(11)5-6-19-14/h1-4,7-8,14,19H,5-6H2. The first kappa shape index (κ1) is 13.1. The molecule has 106 valence electrons. The van der Waals surface area contributed by atoms with Crippen molar-refractivity contribution in [1.82, 2.24) is 10.3 Å². The molecule has 0 aliphatic carbocycles. The molecule has 1 atom stereocenters. The van der Waals surface area contributed by atoms with Crippen LogP contribution in [0.4, 0.5) is 0 Å². The van der Waals surface area contributed by atoms with Crippen molar-refractivity contribution in [3.63, 3.8) is 0 Å². The van der Waals surface area contributed by atoms with Crippen LogP contribution in [0.5, 0.6) is 0 Å². The molecule has 1 aromatic heterocycles. The van der Waals surface area contributed by atoms with Crippen LogP contribution in [-0.4, -0.2) is 11.5 Å². The molecular weight excluding hydrogens is 307 g/mol. The first-order chi connectivity index (χ1) is 10.2. The summed E-state index contributed by atoms with van der Waals surface area (Å²) in [5.74, 6) is 0.626. The van der Waals surface area contributed by atoms with Crippen molar-refractivity contribution in [2.75, 3.05) is 6.54 Å². The minimum absolute atomic E-state index is 0.0443. The van der Waals surface area contributed by atoms with E-state index in [-0.39, 0.29) is 6.04 Å². The van der Waals surface area contributed by atoms with Gasteiger partial charge in [0.2, 0.25) is 5.89 Å². The number of fused-ring (bicyclic) bond motifs is 2. The summed E-state index contributed by atoms with van der Waals surface area (Å²) in [5, 5.41) is 4.50. The summed E-state index contributed by atoms with van der Waals surface area (Å²) >= 11 is 12.2. The van der Waals surface area contributed by atoms with Crippen LogP contribution >= 0.6 is 23.2 Å². The van der Waals surface area contributed by atoms with Gasteiger partial charge in [0.15, 0.2) is 5.58 Å². The molecule has 5 heteroatoms. The lowest BCUT2D eigenvalue weighted by Gasteiger charge is -2.24. The molecule has 0 bridgehead atoms. The third-order valence-corrected chi connectivity index (χ3v) is 4.28. The van der Waals surface area contributed by atoms with Gasteiger partial charge in [0.25, 0.3) is 0 Å². The van der Waals surface area contributed by atoms with Crippen molar-refractivity contribution < 1.29 is 4.42 Å². The summed E-state index contributed by atoms with van der Waals surface area (Å²) in [6.45, 7) is 0.898. The van der Waals surface area contributed by atoms with Gasteiger partial charge in [-0.1, -0.05) is 47.5 Å². The molecule has 0 saturated heterocycles. The van der Waals surface area contributed by atoms with Crippen LogP contribution < -0.4 is 5.32 Å². The van der Waals surface area contributed by atoms with Gasteiger partial charge in [0, 0.05) is 11.6 Å². The Kier molecular flexibility index (Phi) is 3.14. The molecule has 1 N–H and O–H groups in total. The van der Waals surface area contributed by atoms with Crippen LogP contribution in [0.15, 0.2) is 40.8 Å². The largest absolute Gasteiger partial charge is 0.437 e. The molecule has 0 fully saturated rings. The second-order valence-corrected chi connectivity index (χ2v) is 5.97. The van der Waals surface area contributed by atoms with Gasteiger partial charge in [-0.05, 0) is 29.7 Å². The Morgan fingerprint density at radius 3 is 2.95 bits per heavy atom. The van der Waals surface area contributed by atoms with Crippen LogP contribution in [0.25, 0.3) is 11.1 Å². The molecule has 0 radical (unpaired) electrons. The first-order valence-electron chi connectivity index (χ1n) is 6.79. The predicted octanol–water partition coefficient (Wildman–Crippen LogP) is 4.37. The number of hydrogen-bond donors (Lipinski definition) is 1. The molecule has 1 aliphatic rings. The lowest BCUT2D eigenvalue weighted by atomic mass is 9.94. The molecule has 4 rings (SSSR count). The highest BCUT2D eigenvalue weighted by Crippen LogP contribution is 2.33. The van der Waals surface area contributed by atoms with Crippen molar-refractivity contribution in [3.8, 4) is 0 Å². The van der Waals surface area contributed by atoms with E-state index in [1.165, 1.54) is 11.1 Å². The van der Waals surface area contributed by atoms with Crippen molar-refractivity contribution >= 4 is 34.3 Å².